The van der Waals surface area contributed by atoms with E-state index in [1.165, 1.54) is 0 Å². The van der Waals surface area contributed by atoms with Crippen LogP contribution in [-0.4, -0.2) is 12.6 Å². The molecule has 0 spiro atoms. The molecule has 1 atom stereocenters. The Morgan fingerprint density at radius 3 is 2.76 bits per heavy atom. The van der Waals surface area contributed by atoms with Gasteiger partial charge in [-0.05, 0) is 18.6 Å². The molecule has 0 aliphatic rings. The average Bonchev–Trinajstić information content (AvgIpc) is 2.29. The number of halogens is 1. The molecule has 0 unspecified atom stereocenters. The van der Waals surface area contributed by atoms with Crippen molar-refractivity contribution in [3.8, 4) is 6.07 Å². The molecule has 1 aromatic carbocycles. The van der Waals surface area contributed by atoms with Crippen LogP contribution in [0.3, 0.4) is 0 Å². The Hall–Kier alpha value is -1.57. The predicted octanol–water partition coefficient (Wildman–Crippen LogP) is 1.93. The second-order valence-electron chi connectivity index (χ2n) is 3.31. The molecule has 0 aliphatic carbocycles. The molecule has 0 aromatic heterocycles. The summed E-state index contributed by atoms with van der Waals surface area (Å²) in [4.78, 5) is 11.2. The SMILES string of the molecule is CCOC(=O)C[C@H](N)c1ccccc1C#N.Cl. The molecule has 2 N–H and O–H groups in total. The summed E-state index contributed by atoms with van der Waals surface area (Å²) in [7, 11) is 0. The minimum absolute atomic E-state index is 0. The van der Waals surface area contributed by atoms with Gasteiger partial charge in [-0.2, -0.15) is 5.26 Å². The van der Waals surface area contributed by atoms with Gasteiger partial charge in [0.1, 0.15) is 0 Å². The van der Waals surface area contributed by atoms with Crippen LogP contribution in [0.4, 0.5) is 0 Å². The van der Waals surface area contributed by atoms with Crippen LogP contribution in [0, 0.1) is 11.3 Å². The number of nitrogens with two attached hydrogens (primary N) is 1. The highest BCUT2D eigenvalue weighted by atomic mass is 35.5. The maximum absolute atomic E-state index is 11.2. The molecular weight excluding hydrogens is 240 g/mol. The van der Waals surface area contributed by atoms with Crippen molar-refractivity contribution in [3.05, 3.63) is 35.4 Å². The number of nitrogens with zero attached hydrogens (tertiary/aromatic N) is 1. The van der Waals surface area contributed by atoms with Crippen LogP contribution in [0.1, 0.15) is 30.5 Å². The minimum atomic E-state index is -0.491. The topological polar surface area (TPSA) is 76.1 Å². The smallest absolute Gasteiger partial charge is 0.307 e. The van der Waals surface area contributed by atoms with Crippen molar-refractivity contribution < 1.29 is 9.53 Å². The lowest BCUT2D eigenvalue weighted by atomic mass is 9.99. The summed E-state index contributed by atoms with van der Waals surface area (Å²) in [5.74, 6) is -0.345. The number of esters is 1. The largest absolute Gasteiger partial charge is 0.466 e. The molecule has 0 aliphatic heterocycles. The molecule has 0 heterocycles. The number of benzene rings is 1. The van der Waals surface area contributed by atoms with Gasteiger partial charge in [0.2, 0.25) is 0 Å². The van der Waals surface area contributed by atoms with Gasteiger partial charge in [0, 0.05) is 6.04 Å². The highest BCUT2D eigenvalue weighted by Crippen LogP contribution is 2.18. The third kappa shape index (κ3) is 4.43. The highest BCUT2D eigenvalue weighted by molar-refractivity contribution is 5.85. The van der Waals surface area contributed by atoms with E-state index in [9.17, 15) is 4.79 Å². The quantitative estimate of drug-likeness (QED) is 0.833. The van der Waals surface area contributed by atoms with E-state index in [2.05, 4.69) is 0 Å². The van der Waals surface area contributed by atoms with Crippen molar-refractivity contribution in [1.82, 2.24) is 0 Å². The van der Waals surface area contributed by atoms with Crippen LogP contribution in [-0.2, 0) is 9.53 Å². The maximum Gasteiger partial charge on any atom is 0.307 e. The third-order valence-corrected chi connectivity index (χ3v) is 2.17. The molecule has 0 fully saturated rings. The van der Waals surface area contributed by atoms with E-state index in [-0.39, 0.29) is 24.8 Å². The number of carbonyl (C=O) groups excluding carboxylic acids is 1. The number of rotatable bonds is 4. The zero-order valence-corrected chi connectivity index (χ0v) is 10.4. The van der Waals surface area contributed by atoms with Gasteiger partial charge in [-0.1, -0.05) is 18.2 Å². The molecule has 0 bridgehead atoms. The van der Waals surface area contributed by atoms with Crippen molar-refractivity contribution in [3.63, 3.8) is 0 Å². The normalized spacial score (nSPS) is 10.9. The van der Waals surface area contributed by atoms with Gasteiger partial charge in [0.15, 0.2) is 0 Å². The van der Waals surface area contributed by atoms with Gasteiger partial charge >= 0.3 is 5.97 Å². The fourth-order valence-electron chi connectivity index (χ4n) is 1.43. The monoisotopic (exact) mass is 254 g/mol. The average molecular weight is 255 g/mol. The van der Waals surface area contributed by atoms with Gasteiger partial charge in [0.05, 0.1) is 24.7 Å². The first kappa shape index (κ1) is 15.4. The molecule has 0 saturated heterocycles. The Labute approximate surface area is 107 Å². The first-order valence-corrected chi connectivity index (χ1v) is 5.09. The van der Waals surface area contributed by atoms with E-state index in [1.807, 2.05) is 6.07 Å². The lowest BCUT2D eigenvalue weighted by Crippen LogP contribution is -2.18. The number of hydrogen-bond donors (Lipinski definition) is 1. The first-order valence-electron chi connectivity index (χ1n) is 5.09. The van der Waals surface area contributed by atoms with Crippen LogP contribution in [0.15, 0.2) is 24.3 Å². The summed E-state index contributed by atoms with van der Waals surface area (Å²) in [5, 5.41) is 8.88. The predicted molar refractivity (Wildman–Crippen MR) is 66.6 cm³/mol. The Balaban J connectivity index is 0.00000256. The van der Waals surface area contributed by atoms with E-state index in [4.69, 9.17) is 15.7 Å². The standard InChI is InChI=1S/C12H14N2O2.ClH/c1-2-16-12(15)7-11(14)10-6-4-3-5-9(10)8-13;/h3-6,11H,2,7,14H2,1H3;1H/t11-;/m0./s1. The van der Waals surface area contributed by atoms with Gasteiger partial charge in [0.25, 0.3) is 0 Å². The Morgan fingerprint density at radius 1 is 1.53 bits per heavy atom. The van der Waals surface area contributed by atoms with E-state index in [1.54, 1.807) is 31.2 Å². The zero-order chi connectivity index (χ0) is 12.0. The van der Waals surface area contributed by atoms with Gasteiger partial charge < -0.3 is 10.5 Å². The summed E-state index contributed by atoms with van der Waals surface area (Å²) in [6, 6.07) is 8.55. The number of hydrogen-bond acceptors (Lipinski definition) is 4. The van der Waals surface area contributed by atoms with Gasteiger partial charge in [-0.3, -0.25) is 4.79 Å². The van der Waals surface area contributed by atoms with Crippen LogP contribution in [0.2, 0.25) is 0 Å². The highest BCUT2D eigenvalue weighted by Gasteiger charge is 2.15. The van der Waals surface area contributed by atoms with Crippen molar-refractivity contribution >= 4 is 18.4 Å². The maximum atomic E-state index is 11.2. The van der Waals surface area contributed by atoms with Gasteiger partial charge in [-0.25, -0.2) is 0 Å². The molecule has 1 aromatic rings. The lowest BCUT2D eigenvalue weighted by Gasteiger charge is -2.12. The Morgan fingerprint density at radius 2 is 2.18 bits per heavy atom. The Bertz CT molecular complexity index is 415. The third-order valence-electron chi connectivity index (χ3n) is 2.17. The van der Waals surface area contributed by atoms with E-state index in [0.717, 1.165) is 0 Å². The summed E-state index contributed by atoms with van der Waals surface area (Å²) < 4.78 is 4.81. The molecule has 0 saturated carbocycles. The minimum Gasteiger partial charge on any atom is -0.466 e. The second kappa shape index (κ2) is 7.66. The fraction of sp³-hybridized carbons (Fsp3) is 0.333. The zero-order valence-electron chi connectivity index (χ0n) is 9.55. The molecule has 5 heteroatoms. The van der Waals surface area contributed by atoms with Crippen LogP contribution < -0.4 is 5.73 Å². The molecule has 0 radical (unpaired) electrons. The second-order valence-corrected chi connectivity index (χ2v) is 3.31. The summed E-state index contributed by atoms with van der Waals surface area (Å²) in [5.41, 5.74) is 7.03. The van der Waals surface area contributed by atoms with Crippen molar-refractivity contribution in [2.24, 2.45) is 5.73 Å². The number of carbonyl (C=O) groups is 1. The molecule has 4 nitrogen and oxygen atoms in total. The Kier molecular flexibility index (Phi) is 6.95. The summed E-state index contributed by atoms with van der Waals surface area (Å²) in [6.07, 6.45) is 0.0898. The van der Waals surface area contributed by atoms with Crippen molar-refractivity contribution in [1.29, 1.82) is 5.26 Å². The van der Waals surface area contributed by atoms with Crippen LogP contribution >= 0.6 is 12.4 Å². The van der Waals surface area contributed by atoms with E-state index >= 15 is 0 Å². The van der Waals surface area contributed by atoms with Crippen LogP contribution in [0.25, 0.3) is 0 Å². The van der Waals surface area contributed by atoms with E-state index in [0.29, 0.717) is 17.7 Å². The van der Waals surface area contributed by atoms with Gasteiger partial charge in [-0.15, -0.1) is 12.4 Å². The first-order chi connectivity index (χ1) is 7.69. The molecule has 1 rings (SSSR count). The molecule has 92 valence electrons. The van der Waals surface area contributed by atoms with Crippen molar-refractivity contribution in [2.45, 2.75) is 19.4 Å². The molecule has 17 heavy (non-hydrogen) atoms. The number of ether oxygens (including phenoxy) is 1. The van der Waals surface area contributed by atoms with Crippen molar-refractivity contribution in [2.75, 3.05) is 6.61 Å². The van der Waals surface area contributed by atoms with E-state index < -0.39 is 6.04 Å². The van der Waals surface area contributed by atoms with Crippen LogP contribution in [0.5, 0.6) is 0 Å². The summed E-state index contributed by atoms with van der Waals surface area (Å²) in [6.45, 7) is 2.08. The molecular formula is C12H15ClN2O2. The summed E-state index contributed by atoms with van der Waals surface area (Å²) >= 11 is 0. The number of nitriles is 1. The molecule has 0 amide bonds. The lowest BCUT2D eigenvalue weighted by molar-refractivity contribution is -0.143. The fourth-order valence-corrected chi connectivity index (χ4v) is 1.43.